The van der Waals surface area contributed by atoms with E-state index in [1.165, 1.54) is 5.56 Å². The Morgan fingerprint density at radius 2 is 2.00 bits per heavy atom. The van der Waals surface area contributed by atoms with Crippen molar-refractivity contribution in [1.29, 1.82) is 0 Å². The van der Waals surface area contributed by atoms with Gasteiger partial charge in [0.05, 0.1) is 18.8 Å². The number of nitrogens with one attached hydrogen (secondary N) is 1. The van der Waals surface area contributed by atoms with Gasteiger partial charge in [-0.1, -0.05) is 17.7 Å². The van der Waals surface area contributed by atoms with Crippen LogP contribution in [0.3, 0.4) is 0 Å². The molecule has 1 heterocycles. The summed E-state index contributed by atoms with van der Waals surface area (Å²) in [5, 5.41) is 3.41. The highest BCUT2D eigenvalue weighted by atomic mass is 16.5. The summed E-state index contributed by atoms with van der Waals surface area (Å²) in [7, 11) is 0. The molecule has 1 aliphatic rings. The maximum Gasteiger partial charge on any atom is 0.331 e. The van der Waals surface area contributed by atoms with Gasteiger partial charge in [0.1, 0.15) is 5.54 Å². The Bertz CT molecular complexity index is 495. The van der Waals surface area contributed by atoms with Crippen molar-refractivity contribution in [2.75, 3.05) is 18.5 Å². The smallest absolute Gasteiger partial charge is 0.331 e. The number of aryl methyl sites for hydroxylation is 1. The maximum absolute atomic E-state index is 12.5. The molecule has 0 aromatic heterocycles. The molecule has 0 spiro atoms. The van der Waals surface area contributed by atoms with Gasteiger partial charge in [0.15, 0.2) is 0 Å². The molecule has 1 atom stereocenters. The number of ether oxygens (including phenoxy) is 2. The summed E-state index contributed by atoms with van der Waals surface area (Å²) in [6.45, 7) is 8.83. The van der Waals surface area contributed by atoms with E-state index in [1.54, 1.807) is 0 Å². The Morgan fingerprint density at radius 1 is 1.33 bits per heavy atom. The minimum atomic E-state index is -0.715. The number of hydrogen-bond donors (Lipinski definition) is 1. The van der Waals surface area contributed by atoms with Crippen LogP contribution in [0, 0.1) is 6.92 Å². The van der Waals surface area contributed by atoms with Gasteiger partial charge in [-0.05, 0) is 39.8 Å². The van der Waals surface area contributed by atoms with Crippen LogP contribution >= 0.6 is 0 Å². The van der Waals surface area contributed by atoms with Gasteiger partial charge in [0.25, 0.3) is 0 Å². The summed E-state index contributed by atoms with van der Waals surface area (Å²) < 4.78 is 11.1. The van der Waals surface area contributed by atoms with Crippen LogP contribution in [-0.4, -0.2) is 30.3 Å². The summed E-state index contributed by atoms with van der Waals surface area (Å²) in [6.07, 6.45) is 1.20. The molecule has 0 bridgehead atoms. The highest BCUT2D eigenvalue weighted by molar-refractivity contribution is 5.85. The zero-order chi connectivity index (χ0) is 15.5. The van der Waals surface area contributed by atoms with E-state index in [2.05, 4.69) is 5.32 Å². The fourth-order valence-corrected chi connectivity index (χ4v) is 2.88. The summed E-state index contributed by atoms with van der Waals surface area (Å²) >= 11 is 0. The second kappa shape index (κ2) is 6.06. The molecule has 0 amide bonds. The molecule has 1 aromatic rings. The Balaban J connectivity index is 2.27. The molecule has 116 valence electrons. The zero-order valence-corrected chi connectivity index (χ0v) is 13.4. The molecule has 4 nitrogen and oxygen atoms in total. The van der Waals surface area contributed by atoms with E-state index in [-0.39, 0.29) is 11.6 Å². The minimum Gasteiger partial charge on any atom is -0.464 e. The van der Waals surface area contributed by atoms with Crippen LogP contribution in [0.2, 0.25) is 0 Å². The van der Waals surface area contributed by atoms with Gasteiger partial charge in [-0.3, -0.25) is 0 Å². The van der Waals surface area contributed by atoms with Crippen LogP contribution in [0.5, 0.6) is 0 Å². The van der Waals surface area contributed by atoms with E-state index in [4.69, 9.17) is 9.47 Å². The lowest BCUT2D eigenvalue weighted by molar-refractivity contribution is -0.158. The van der Waals surface area contributed by atoms with E-state index < -0.39 is 5.54 Å². The first-order chi connectivity index (χ1) is 9.87. The summed E-state index contributed by atoms with van der Waals surface area (Å²) in [6, 6.07) is 8.06. The molecular formula is C17H25NO3. The molecular weight excluding hydrogens is 266 g/mol. The number of carbonyl (C=O) groups excluding carboxylic acids is 1. The predicted molar refractivity (Wildman–Crippen MR) is 83.4 cm³/mol. The van der Waals surface area contributed by atoms with Gasteiger partial charge in [-0.25, -0.2) is 4.79 Å². The van der Waals surface area contributed by atoms with Crippen molar-refractivity contribution in [2.45, 2.75) is 51.7 Å². The second-order valence-corrected chi connectivity index (χ2v) is 6.33. The van der Waals surface area contributed by atoms with E-state index in [0.29, 0.717) is 26.1 Å². The fraction of sp³-hybridized carbons (Fsp3) is 0.588. The van der Waals surface area contributed by atoms with Crippen molar-refractivity contribution < 1.29 is 14.3 Å². The normalized spacial score (nSPS) is 24.4. The van der Waals surface area contributed by atoms with Crippen LogP contribution < -0.4 is 5.32 Å². The Kier molecular flexibility index (Phi) is 4.57. The van der Waals surface area contributed by atoms with E-state index in [1.807, 2.05) is 52.0 Å². The number of benzene rings is 1. The average molecular weight is 291 g/mol. The summed E-state index contributed by atoms with van der Waals surface area (Å²) in [5.74, 6) is -0.193. The van der Waals surface area contributed by atoms with Crippen molar-refractivity contribution in [2.24, 2.45) is 0 Å². The summed E-state index contributed by atoms with van der Waals surface area (Å²) in [4.78, 5) is 12.5. The van der Waals surface area contributed by atoms with Crippen molar-refractivity contribution in [3.8, 4) is 0 Å². The maximum atomic E-state index is 12.5. The molecule has 1 fully saturated rings. The van der Waals surface area contributed by atoms with E-state index >= 15 is 0 Å². The molecule has 0 aliphatic carbocycles. The first kappa shape index (κ1) is 15.8. The Morgan fingerprint density at radius 3 is 2.57 bits per heavy atom. The number of rotatable bonds is 4. The third-order valence-electron chi connectivity index (χ3n) is 3.85. The fourth-order valence-electron chi connectivity index (χ4n) is 2.88. The van der Waals surface area contributed by atoms with E-state index in [9.17, 15) is 4.79 Å². The zero-order valence-electron chi connectivity index (χ0n) is 13.4. The molecule has 1 N–H and O–H groups in total. The third kappa shape index (κ3) is 3.76. The number of anilines is 1. The molecule has 1 saturated heterocycles. The van der Waals surface area contributed by atoms with Crippen LogP contribution in [0.1, 0.15) is 39.2 Å². The van der Waals surface area contributed by atoms with Gasteiger partial charge in [0, 0.05) is 18.5 Å². The molecule has 1 aliphatic heterocycles. The molecule has 4 heteroatoms. The highest BCUT2D eigenvalue weighted by Gasteiger charge is 2.47. The van der Waals surface area contributed by atoms with Gasteiger partial charge in [-0.2, -0.15) is 0 Å². The Hall–Kier alpha value is -1.55. The molecule has 0 radical (unpaired) electrons. The van der Waals surface area contributed by atoms with Gasteiger partial charge >= 0.3 is 5.97 Å². The molecule has 21 heavy (non-hydrogen) atoms. The first-order valence-corrected chi connectivity index (χ1v) is 7.53. The Labute approximate surface area is 126 Å². The standard InChI is InChI=1S/C17H25NO3/c1-5-20-15(19)17(10-11-21-16(3,4)12-17)18-14-8-6-13(2)7-9-14/h6-9,18H,5,10-12H2,1-4H3. The van der Waals surface area contributed by atoms with Gasteiger partial charge in [0.2, 0.25) is 0 Å². The molecule has 1 aromatic carbocycles. The van der Waals surface area contributed by atoms with Crippen molar-refractivity contribution in [3.05, 3.63) is 29.8 Å². The van der Waals surface area contributed by atoms with Crippen LogP contribution in [-0.2, 0) is 14.3 Å². The SMILES string of the molecule is CCOC(=O)C1(Nc2ccc(C)cc2)CCOC(C)(C)C1. The molecule has 1 unspecified atom stereocenters. The second-order valence-electron chi connectivity index (χ2n) is 6.33. The summed E-state index contributed by atoms with van der Waals surface area (Å²) in [5.41, 5.74) is 1.07. The largest absolute Gasteiger partial charge is 0.464 e. The lowest BCUT2D eigenvalue weighted by Gasteiger charge is -2.43. The lowest BCUT2D eigenvalue weighted by Crippen LogP contribution is -2.56. The number of hydrogen-bond acceptors (Lipinski definition) is 4. The van der Waals surface area contributed by atoms with E-state index in [0.717, 1.165) is 5.69 Å². The van der Waals surface area contributed by atoms with Crippen LogP contribution in [0.15, 0.2) is 24.3 Å². The highest BCUT2D eigenvalue weighted by Crippen LogP contribution is 2.35. The third-order valence-corrected chi connectivity index (χ3v) is 3.85. The van der Waals surface area contributed by atoms with Crippen molar-refractivity contribution >= 4 is 11.7 Å². The topological polar surface area (TPSA) is 47.6 Å². The predicted octanol–water partition coefficient (Wildman–Crippen LogP) is 3.30. The van der Waals surface area contributed by atoms with Crippen molar-refractivity contribution in [1.82, 2.24) is 0 Å². The average Bonchev–Trinajstić information content (AvgIpc) is 2.40. The molecule has 2 rings (SSSR count). The monoisotopic (exact) mass is 291 g/mol. The van der Waals surface area contributed by atoms with Crippen LogP contribution in [0.25, 0.3) is 0 Å². The lowest BCUT2D eigenvalue weighted by atomic mass is 9.81. The van der Waals surface area contributed by atoms with Crippen LogP contribution in [0.4, 0.5) is 5.69 Å². The molecule has 0 saturated carbocycles. The first-order valence-electron chi connectivity index (χ1n) is 7.53. The van der Waals surface area contributed by atoms with Gasteiger partial charge in [-0.15, -0.1) is 0 Å². The van der Waals surface area contributed by atoms with Gasteiger partial charge < -0.3 is 14.8 Å². The van der Waals surface area contributed by atoms with Crippen molar-refractivity contribution in [3.63, 3.8) is 0 Å². The minimum absolute atomic E-state index is 0.193. The number of carbonyl (C=O) groups is 1. The number of esters is 1. The quantitative estimate of drug-likeness (QED) is 0.865.